The monoisotopic (exact) mass is 495 g/mol. The van der Waals surface area contributed by atoms with Gasteiger partial charge in [0.1, 0.15) is 11.5 Å². The number of fused-ring (bicyclic) bond motifs is 2. The van der Waals surface area contributed by atoms with Gasteiger partial charge in [0.05, 0.1) is 17.7 Å². The number of benzene rings is 3. The Labute approximate surface area is 212 Å². The lowest BCUT2D eigenvalue weighted by Gasteiger charge is -2.26. The number of amides is 3. The summed E-state index contributed by atoms with van der Waals surface area (Å²) in [6, 6.07) is 20.3. The Morgan fingerprint density at radius 2 is 1.70 bits per heavy atom. The van der Waals surface area contributed by atoms with Crippen LogP contribution in [0, 0.1) is 5.82 Å². The van der Waals surface area contributed by atoms with Crippen molar-refractivity contribution in [2.24, 2.45) is 0 Å². The number of aromatic nitrogens is 1. The van der Waals surface area contributed by atoms with E-state index >= 15 is 0 Å². The molecule has 0 spiro atoms. The van der Waals surface area contributed by atoms with Gasteiger partial charge in [0.25, 0.3) is 17.7 Å². The van der Waals surface area contributed by atoms with Crippen molar-refractivity contribution in [1.82, 2.24) is 15.0 Å². The minimum Gasteiger partial charge on any atom is -0.356 e. The van der Waals surface area contributed by atoms with Crippen LogP contribution in [-0.4, -0.2) is 45.8 Å². The van der Waals surface area contributed by atoms with Gasteiger partial charge in [0.15, 0.2) is 5.76 Å². The highest BCUT2D eigenvalue weighted by Crippen LogP contribution is 2.31. The first-order chi connectivity index (χ1) is 18.0. The van der Waals surface area contributed by atoms with Gasteiger partial charge in [-0.3, -0.25) is 19.3 Å². The zero-order chi connectivity index (χ0) is 25.5. The molecule has 1 aromatic heterocycles. The maximum Gasteiger partial charge on any atom is 0.261 e. The highest BCUT2D eigenvalue weighted by molar-refractivity contribution is 6.22. The second kappa shape index (κ2) is 9.13. The average molecular weight is 496 g/mol. The Bertz CT molecular complexity index is 1530. The van der Waals surface area contributed by atoms with Crippen molar-refractivity contribution in [2.45, 2.75) is 19.4 Å². The molecule has 0 radical (unpaired) electrons. The summed E-state index contributed by atoms with van der Waals surface area (Å²) in [6.45, 7) is 0.970. The number of hydrogen-bond donors (Lipinski definition) is 0. The van der Waals surface area contributed by atoms with Gasteiger partial charge in [0, 0.05) is 29.8 Å². The maximum atomic E-state index is 13.3. The number of halogens is 1. The van der Waals surface area contributed by atoms with Crippen molar-refractivity contribution in [3.8, 4) is 11.3 Å². The molecule has 3 amide bonds. The fraction of sp³-hybridized carbons (Fsp3) is 0.172. The van der Waals surface area contributed by atoms with Crippen molar-refractivity contribution in [3.63, 3.8) is 0 Å². The maximum absolute atomic E-state index is 13.3. The summed E-state index contributed by atoms with van der Waals surface area (Å²) in [7, 11) is 0. The van der Waals surface area contributed by atoms with Gasteiger partial charge < -0.3 is 9.42 Å². The molecular weight excluding hydrogens is 473 g/mol. The molecule has 0 fully saturated rings. The third kappa shape index (κ3) is 4.10. The molecule has 0 aliphatic carbocycles. The number of hydrogen-bond acceptors (Lipinski definition) is 5. The first kappa shape index (κ1) is 22.8. The molecule has 2 aliphatic heterocycles. The Morgan fingerprint density at radius 3 is 2.49 bits per heavy atom. The van der Waals surface area contributed by atoms with Crippen LogP contribution in [0.15, 0.2) is 77.3 Å². The summed E-state index contributed by atoms with van der Waals surface area (Å²) < 4.78 is 18.8. The van der Waals surface area contributed by atoms with Crippen LogP contribution in [-0.2, 0) is 19.4 Å². The third-order valence-electron chi connectivity index (χ3n) is 6.92. The van der Waals surface area contributed by atoms with Gasteiger partial charge in [-0.05, 0) is 60.9 Å². The molecule has 7 nitrogen and oxygen atoms in total. The molecule has 0 unspecified atom stereocenters. The fourth-order valence-electron chi connectivity index (χ4n) is 4.93. The summed E-state index contributed by atoms with van der Waals surface area (Å²) in [6.07, 6.45) is 1.10. The van der Waals surface area contributed by atoms with Gasteiger partial charge in [-0.25, -0.2) is 4.39 Å². The molecule has 0 saturated heterocycles. The van der Waals surface area contributed by atoms with Crippen molar-refractivity contribution in [1.29, 1.82) is 0 Å². The van der Waals surface area contributed by atoms with Crippen LogP contribution in [0.25, 0.3) is 11.3 Å². The number of nitrogens with zero attached hydrogens (tertiary/aromatic N) is 3. The van der Waals surface area contributed by atoms with Gasteiger partial charge >= 0.3 is 0 Å². The second-order valence-electron chi connectivity index (χ2n) is 9.18. The molecule has 184 valence electrons. The molecule has 3 aromatic carbocycles. The van der Waals surface area contributed by atoms with E-state index in [1.54, 1.807) is 29.2 Å². The summed E-state index contributed by atoms with van der Waals surface area (Å²) in [5.41, 5.74) is 4.23. The average Bonchev–Trinajstić information content (AvgIpc) is 3.46. The standard InChI is InChI=1S/C29H22FN3O4/c30-21-9-6-19(7-10-21)26-23-13-14-32(17-25(23)31-37-26)27(34)20-8-11-22-24(16-20)29(36)33(28(22)35)15-12-18-4-2-1-3-5-18/h1-11,16H,12-15,17H2. The lowest BCUT2D eigenvalue weighted by atomic mass is 9.99. The van der Waals surface area contributed by atoms with E-state index in [4.69, 9.17) is 4.52 Å². The van der Waals surface area contributed by atoms with Gasteiger partial charge in [-0.15, -0.1) is 0 Å². The third-order valence-corrected chi connectivity index (χ3v) is 6.92. The molecule has 3 heterocycles. The van der Waals surface area contributed by atoms with Crippen molar-refractivity contribution in [3.05, 3.63) is 112 Å². The molecule has 0 N–H and O–H groups in total. The predicted octanol–water partition coefficient (Wildman–Crippen LogP) is 4.52. The van der Waals surface area contributed by atoms with Crippen LogP contribution in [0.4, 0.5) is 4.39 Å². The Balaban J connectivity index is 1.18. The van der Waals surface area contributed by atoms with Crippen LogP contribution in [0.3, 0.4) is 0 Å². The zero-order valence-electron chi connectivity index (χ0n) is 19.8. The van der Waals surface area contributed by atoms with Crippen molar-refractivity contribution >= 4 is 17.7 Å². The zero-order valence-corrected chi connectivity index (χ0v) is 19.8. The minimum absolute atomic E-state index is 0.247. The quantitative estimate of drug-likeness (QED) is 0.380. The van der Waals surface area contributed by atoms with Crippen LogP contribution in [0.2, 0.25) is 0 Å². The van der Waals surface area contributed by atoms with Crippen molar-refractivity contribution in [2.75, 3.05) is 13.1 Å². The molecule has 0 atom stereocenters. The number of carbonyl (C=O) groups excluding carboxylic acids is 3. The summed E-state index contributed by atoms with van der Waals surface area (Å²) in [5.74, 6) is -0.717. The van der Waals surface area contributed by atoms with Crippen LogP contribution in [0.1, 0.15) is 47.9 Å². The number of imide groups is 1. The lowest BCUT2D eigenvalue weighted by Crippen LogP contribution is -2.36. The van der Waals surface area contributed by atoms with Crippen molar-refractivity contribution < 1.29 is 23.3 Å². The summed E-state index contributed by atoms with van der Waals surface area (Å²) in [5, 5.41) is 4.15. The van der Waals surface area contributed by atoms with Crippen LogP contribution < -0.4 is 0 Å². The molecule has 0 saturated carbocycles. The topological polar surface area (TPSA) is 83.7 Å². The minimum atomic E-state index is -0.382. The lowest BCUT2D eigenvalue weighted by molar-refractivity contribution is 0.0655. The Hall–Kier alpha value is -4.59. The number of rotatable bonds is 5. The molecule has 0 bridgehead atoms. The molecular formula is C29H22FN3O4. The van der Waals surface area contributed by atoms with Gasteiger partial charge in [-0.2, -0.15) is 0 Å². The highest BCUT2D eigenvalue weighted by Gasteiger charge is 2.36. The Morgan fingerprint density at radius 1 is 0.946 bits per heavy atom. The highest BCUT2D eigenvalue weighted by atomic mass is 19.1. The van der Waals surface area contributed by atoms with E-state index in [1.807, 2.05) is 30.3 Å². The van der Waals surface area contributed by atoms with Gasteiger partial charge in [0.2, 0.25) is 0 Å². The van der Waals surface area contributed by atoms with E-state index in [2.05, 4.69) is 5.16 Å². The van der Waals surface area contributed by atoms with E-state index in [1.165, 1.54) is 23.1 Å². The normalized spacial score (nSPS) is 14.6. The molecule has 4 aromatic rings. The van der Waals surface area contributed by atoms with E-state index in [0.717, 1.165) is 16.7 Å². The first-order valence-corrected chi connectivity index (χ1v) is 12.1. The van der Waals surface area contributed by atoms with E-state index in [-0.39, 0.29) is 42.2 Å². The Kier molecular flexibility index (Phi) is 5.64. The molecule has 37 heavy (non-hydrogen) atoms. The van der Waals surface area contributed by atoms with Crippen LogP contribution in [0.5, 0.6) is 0 Å². The van der Waals surface area contributed by atoms with Crippen LogP contribution >= 0.6 is 0 Å². The largest absolute Gasteiger partial charge is 0.356 e. The first-order valence-electron chi connectivity index (χ1n) is 12.1. The summed E-state index contributed by atoms with van der Waals surface area (Å²) in [4.78, 5) is 42.1. The smallest absolute Gasteiger partial charge is 0.261 e. The van der Waals surface area contributed by atoms with E-state index < -0.39 is 0 Å². The van der Waals surface area contributed by atoms with E-state index in [9.17, 15) is 18.8 Å². The number of carbonyl (C=O) groups is 3. The molecule has 6 rings (SSSR count). The second-order valence-corrected chi connectivity index (χ2v) is 9.18. The predicted molar refractivity (Wildman–Crippen MR) is 132 cm³/mol. The fourth-order valence-corrected chi connectivity index (χ4v) is 4.93. The SMILES string of the molecule is O=C(c1ccc2c(c1)C(=O)N(CCc1ccccc1)C2=O)N1CCc2c(noc2-c2ccc(F)cc2)C1. The molecule has 8 heteroatoms. The van der Waals surface area contributed by atoms with E-state index in [0.29, 0.717) is 42.0 Å². The van der Waals surface area contributed by atoms with Gasteiger partial charge in [-0.1, -0.05) is 35.5 Å². The summed E-state index contributed by atoms with van der Waals surface area (Å²) >= 11 is 0. The molecule has 2 aliphatic rings.